The Labute approximate surface area is 77.6 Å². The molecule has 0 unspecified atom stereocenters. The van der Waals surface area contributed by atoms with E-state index in [9.17, 15) is 0 Å². The Hall–Kier alpha value is -0.280. The van der Waals surface area contributed by atoms with Gasteiger partial charge in [0.25, 0.3) is 0 Å². The lowest BCUT2D eigenvalue weighted by atomic mass is 10.4. The number of nitrogens with two attached hydrogens (primary N) is 4. The smallest absolute Gasteiger partial charge is 0.170 e. The third-order valence-electron chi connectivity index (χ3n) is 0.540. The van der Waals surface area contributed by atoms with Crippen molar-refractivity contribution in [3.63, 3.8) is 0 Å². The Bertz CT molecular complexity index is 104. The molecule has 10 N–H and O–H groups in total. The first-order valence-electron chi connectivity index (χ1n) is 3.70. The normalized spacial score (nSPS) is 12.0. The van der Waals surface area contributed by atoms with E-state index in [1.807, 2.05) is 0 Å². The zero-order chi connectivity index (χ0) is 11.1. The second kappa shape index (κ2) is 6.22. The molecule has 0 amide bonds. The fraction of sp³-hybridized carbons (Fsp3) is 1.00. The fourth-order valence-corrected chi connectivity index (χ4v) is 0.474. The minimum absolute atomic E-state index is 0.125. The summed E-state index contributed by atoms with van der Waals surface area (Å²) in [5.74, 6) is -2.53. The third kappa shape index (κ3) is 24.5. The van der Waals surface area contributed by atoms with E-state index in [1.54, 1.807) is 0 Å². The first-order valence-corrected chi connectivity index (χ1v) is 3.70. The predicted octanol–water partition coefficient (Wildman–Crippen LogP) is -2.84. The number of rotatable bonds is 3. The van der Waals surface area contributed by atoms with E-state index in [2.05, 4.69) is 0 Å². The highest BCUT2D eigenvalue weighted by molar-refractivity contribution is 4.62. The molecule has 0 spiro atoms. The van der Waals surface area contributed by atoms with Gasteiger partial charge in [-0.15, -0.1) is 0 Å². The summed E-state index contributed by atoms with van der Waals surface area (Å²) in [6.45, 7) is 2.68. The molecule has 0 aromatic carbocycles. The molecule has 13 heavy (non-hydrogen) atoms. The molecule has 0 atom stereocenters. The molecule has 0 fully saturated rings. The maximum Gasteiger partial charge on any atom is 0.170 e. The molecule has 0 saturated carbocycles. The fourth-order valence-electron chi connectivity index (χ4n) is 0.474. The van der Waals surface area contributed by atoms with Crippen LogP contribution in [0.5, 0.6) is 0 Å². The molecule has 0 aliphatic carbocycles. The highest BCUT2D eigenvalue weighted by atomic mass is 16.6. The third-order valence-corrected chi connectivity index (χ3v) is 0.540. The van der Waals surface area contributed by atoms with Gasteiger partial charge in [0.15, 0.2) is 11.7 Å². The van der Waals surface area contributed by atoms with E-state index in [-0.39, 0.29) is 13.2 Å². The standard InChI is InChI=1S/C4H14N4O.C2H6O2/c1-3(5,6)9-4(2,7)8;3-1-2-4/h5-8H2,1-2H3;3-4H,1-2H2. The lowest BCUT2D eigenvalue weighted by Crippen LogP contribution is -2.61. The van der Waals surface area contributed by atoms with Crippen LogP contribution in [0.25, 0.3) is 0 Å². The molecular formula is C6H20N4O3. The summed E-state index contributed by atoms with van der Waals surface area (Å²) in [5, 5.41) is 15.2. The van der Waals surface area contributed by atoms with Gasteiger partial charge in [-0.05, 0) is 13.8 Å². The van der Waals surface area contributed by atoms with E-state index in [4.69, 9.17) is 37.9 Å². The van der Waals surface area contributed by atoms with Gasteiger partial charge in [0, 0.05) is 0 Å². The minimum atomic E-state index is -1.27. The molecule has 0 rings (SSSR count). The summed E-state index contributed by atoms with van der Waals surface area (Å²) >= 11 is 0. The van der Waals surface area contributed by atoms with Crippen molar-refractivity contribution in [3.05, 3.63) is 0 Å². The Morgan fingerprint density at radius 3 is 1.15 bits per heavy atom. The van der Waals surface area contributed by atoms with Crippen molar-refractivity contribution < 1.29 is 14.9 Å². The van der Waals surface area contributed by atoms with Crippen LogP contribution in [0.2, 0.25) is 0 Å². The van der Waals surface area contributed by atoms with Crippen LogP contribution in [0.15, 0.2) is 0 Å². The molecule has 7 nitrogen and oxygen atoms in total. The molecule has 7 heteroatoms. The number of aliphatic hydroxyl groups excluding tert-OH is 2. The van der Waals surface area contributed by atoms with Gasteiger partial charge >= 0.3 is 0 Å². The van der Waals surface area contributed by atoms with Gasteiger partial charge in [0.05, 0.1) is 13.2 Å². The van der Waals surface area contributed by atoms with Crippen molar-refractivity contribution in [1.82, 2.24) is 0 Å². The van der Waals surface area contributed by atoms with Crippen molar-refractivity contribution in [3.8, 4) is 0 Å². The highest BCUT2D eigenvalue weighted by Crippen LogP contribution is 1.99. The van der Waals surface area contributed by atoms with Gasteiger partial charge in [-0.1, -0.05) is 0 Å². The second-order valence-electron chi connectivity index (χ2n) is 2.92. The molecule has 0 aliphatic heterocycles. The van der Waals surface area contributed by atoms with Gasteiger partial charge in [-0.25, -0.2) is 0 Å². The Balaban J connectivity index is 0. The van der Waals surface area contributed by atoms with Gasteiger partial charge in [0.2, 0.25) is 0 Å². The Morgan fingerprint density at radius 1 is 0.923 bits per heavy atom. The number of aliphatic hydroxyl groups is 2. The van der Waals surface area contributed by atoms with Gasteiger partial charge in [0.1, 0.15) is 0 Å². The topological polar surface area (TPSA) is 154 Å². The summed E-state index contributed by atoms with van der Waals surface area (Å²) < 4.78 is 4.74. The zero-order valence-corrected chi connectivity index (χ0v) is 8.03. The van der Waals surface area contributed by atoms with Gasteiger partial charge in [-0.3, -0.25) is 22.9 Å². The highest BCUT2D eigenvalue weighted by Gasteiger charge is 2.22. The van der Waals surface area contributed by atoms with Crippen LogP contribution in [-0.4, -0.2) is 35.1 Å². The van der Waals surface area contributed by atoms with Crippen LogP contribution in [0.4, 0.5) is 0 Å². The lowest BCUT2D eigenvalue weighted by Gasteiger charge is -2.28. The van der Waals surface area contributed by atoms with Crippen LogP contribution in [0.3, 0.4) is 0 Å². The summed E-state index contributed by atoms with van der Waals surface area (Å²) in [4.78, 5) is 0. The molecule has 0 saturated heterocycles. The summed E-state index contributed by atoms with van der Waals surface area (Å²) in [6, 6.07) is 0. The average Bonchev–Trinajstić information content (AvgIpc) is 1.80. The van der Waals surface area contributed by atoms with Crippen molar-refractivity contribution >= 4 is 0 Å². The molecule has 0 aliphatic rings. The van der Waals surface area contributed by atoms with Crippen molar-refractivity contribution in [1.29, 1.82) is 0 Å². The molecule has 0 heterocycles. The van der Waals surface area contributed by atoms with E-state index >= 15 is 0 Å². The van der Waals surface area contributed by atoms with Crippen molar-refractivity contribution in [2.24, 2.45) is 22.9 Å². The van der Waals surface area contributed by atoms with Crippen LogP contribution in [0, 0.1) is 0 Å². The molecular weight excluding hydrogens is 176 g/mol. The lowest BCUT2D eigenvalue weighted by molar-refractivity contribution is -0.129. The summed E-state index contributed by atoms with van der Waals surface area (Å²) in [7, 11) is 0. The molecule has 82 valence electrons. The number of hydrogen-bond acceptors (Lipinski definition) is 7. The van der Waals surface area contributed by atoms with Crippen LogP contribution in [-0.2, 0) is 4.74 Å². The monoisotopic (exact) mass is 196 g/mol. The number of ether oxygens (including phenoxy) is 1. The zero-order valence-electron chi connectivity index (χ0n) is 8.03. The summed E-state index contributed by atoms with van der Waals surface area (Å²) in [6.07, 6.45) is 0. The van der Waals surface area contributed by atoms with E-state index < -0.39 is 11.7 Å². The molecule has 0 aromatic rings. The average molecular weight is 196 g/mol. The largest absolute Gasteiger partial charge is 0.394 e. The molecule has 0 bridgehead atoms. The SMILES string of the molecule is CC(N)(N)OC(C)(N)N.OCCO. The maximum atomic E-state index is 7.62. The Kier molecular flexibility index (Phi) is 7.27. The quantitative estimate of drug-likeness (QED) is 0.266. The first-order chi connectivity index (χ1) is 5.62. The second-order valence-corrected chi connectivity index (χ2v) is 2.92. The predicted molar refractivity (Wildman–Crippen MR) is 48.8 cm³/mol. The van der Waals surface area contributed by atoms with Crippen LogP contribution >= 0.6 is 0 Å². The van der Waals surface area contributed by atoms with Gasteiger partial charge < -0.3 is 14.9 Å². The van der Waals surface area contributed by atoms with Crippen LogP contribution < -0.4 is 22.9 Å². The molecule has 0 radical (unpaired) electrons. The Morgan fingerprint density at radius 2 is 1.15 bits per heavy atom. The minimum Gasteiger partial charge on any atom is -0.394 e. The van der Waals surface area contributed by atoms with E-state index in [0.29, 0.717) is 0 Å². The van der Waals surface area contributed by atoms with Gasteiger partial charge in [-0.2, -0.15) is 0 Å². The van der Waals surface area contributed by atoms with E-state index in [1.165, 1.54) is 13.8 Å². The first kappa shape index (κ1) is 15.2. The maximum absolute atomic E-state index is 7.62. The van der Waals surface area contributed by atoms with E-state index in [0.717, 1.165) is 0 Å². The summed E-state index contributed by atoms with van der Waals surface area (Å²) in [5.41, 5.74) is 20.9. The van der Waals surface area contributed by atoms with Crippen molar-refractivity contribution in [2.45, 2.75) is 25.5 Å². The number of hydrogen-bond donors (Lipinski definition) is 6. The van der Waals surface area contributed by atoms with Crippen LogP contribution in [0.1, 0.15) is 13.8 Å². The molecule has 0 aromatic heterocycles. The van der Waals surface area contributed by atoms with Crippen molar-refractivity contribution in [2.75, 3.05) is 13.2 Å².